The number of hydrogen-bond donors (Lipinski definition) is 0. The van der Waals surface area contributed by atoms with Gasteiger partial charge in [0.2, 0.25) is 11.9 Å². The Morgan fingerprint density at radius 2 is 1.16 bits per heavy atom. The number of unbranched alkanes of at least 4 members (excludes halogenated alkanes) is 12. The molecule has 0 saturated carbocycles. The molecular formula is C50H69NO7. The lowest BCUT2D eigenvalue weighted by molar-refractivity contribution is -0.956. The number of rotatable bonds is 23. The molecule has 0 radical (unpaired) electrons. The van der Waals surface area contributed by atoms with Crippen molar-refractivity contribution >= 4 is 18.4 Å². The number of carbonyl (C=O) groups excluding carboxylic acids is 3. The Morgan fingerprint density at radius 1 is 0.707 bits per heavy atom. The van der Waals surface area contributed by atoms with E-state index in [-0.39, 0.29) is 12.1 Å². The monoisotopic (exact) mass is 796 g/mol. The summed E-state index contributed by atoms with van der Waals surface area (Å²) in [6.07, 6.45) is 22.5. The van der Waals surface area contributed by atoms with Crippen molar-refractivity contribution in [2.45, 2.75) is 172 Å². The molecule has 2 bridgehead atoms. The van der Waals surface area contributed by atoms with Crippen molar-refractivity contribution in [2.75, 3.05) is 13.1 Å². The Morgan fingerprint density at radius 3 is 1.64 bits per heavy atom. The highest BCUT2D eigenvalue weighted by Gasteiger charge is 2.57. The second-order valence-corrected chi connectivity index (χ2v) is 16.9. The average Bonchev–Trinajstić information content (AvgIpc) is 3.79. The molecule has 0 amide bonds. The summed E-state index contributed by atoms with van der Waals surface area (Å²) in [7, 11) is 0. The predicted octanol–water partition coefficient (Wildman–Crippen LogP) is 9.75. The Kier molecular flexibility index (Phi) is 18.8. The van der Waals surface area contributed by atoms with Gasteiger partial charge in [-0.3, -0.25) is 4.79 Å². The highest BCUT2D eigenvalue weighted by atomic mass is 16.7. The van der Waals surface area contributed by atoms with Crippen LogP contribution >= 0.6 is 0 Å². The minimum absolute atomic E-state index is 0.171. The summed E-state index contributed by atoms with van der Waals surface area (Å²) in [5, 5.41) is 8.25. The van der Waals surface area contributed by atoms with Crippen LogP contribution in [0.5, 0.6) is 0 Å². The van der Waals surface area contributed by atoms with Crippen LogP contribution < -0.4 is 5.11 Å². The number of nitrogens with zero attached hydrogens (tertiary/aromatic N) is 1. The summed E-state index contributed by atoms with van der Waals surface area (Å²) in [5.41, 5.74) is 0.666. The fraction of sp³-hybridized carbons (Fsp3) is 0.580. The van der Waals surface area contributed by atoms with Gasteiger partial charge in [0, 0.05) is 57.8 Å². The first-order valence-corrected chi connectivity index (χ1v) is 22.6. The molecule has 8 nitrogen and oxygen atoms in total. The smallest absolute Gasteiger partial charge is 0.348 e. The molecule has 0 N–H and O–H groups in total. The maximum atomic E-state index is 15.1. The molecule has 1 spiro atoms. The molecule has 3 aromatic rings. The SMILES string of the molecule is CCCCCCCCCCCCCCCC(=O)OC(Cc1ccccc1)OC(C(=O)OC1CC2CCC(C1)[N+]21CCCC1)(c1ccccc1)c1ccccc1.O=C[O-]. The van der Waals surface area contributed by atoms with Gasteiger partial charge in [-0.25, -0.2) is 4.79 Å². The van der Waals surface area contributed by atoms with Crippen molar-refractivity contribution in [2.24, 2.45) is 0 Å². The van der Waals surface area contributed by atoms with Gasteiger partial charge in [-0.15, -0.1) is 0 Å². The van der Waals surface area contributed by atoms with Gasteiger partial charge in [-0.05, 0) is 23.1 Å². The maximum Gasteiger partial charge on any atom is 0.348 e. The lowest BCUT2D eigenvalue weighted by Gasteiger charge is -2.47. The van der Waals surface area contributed by atoms with Gasteiger partial charge >= 0.3 is 11.9 Å². The number of benzene rings is 3. The first-order chi connectivity index (χ1) is 28.4. The molecule has 3 aliphatic rings. The van der Waals surface area contributed by atoms with Crippen LogP contribution in [0.1, 0.15) is 152 Å². The van der Waals surface area contributed by atoms with Crippen LogP contribution in [0.4, 0.5) is 0 Å². The first kappa shape index (κ1) is 45.1. The number of ether oxygens (including phenoxy) is 3. The molecule has 3 aromatic carbocycles. The Bertz CT molecular complexity index is 1560. The standard InChI is InChI=1S/C49H68NO5.CH2O2/c1-2-3-4-5-6-7-8-9-10-11-12-13-23-32-46(51)54-47(37-40-26-17-14-18-27-40)55-49(41-28-19-15-20-29-41,42-30-21-16-22-31-42)48(52)53-45-38-43-33-34-44(39-45)50(43)35-24-25-36-50;2-1-3/h14-22,26-31,43-45,47H,2-13,23-25,32-39H2,1H3;1H,(H,2,3)/q+1;/p-1. The van der Waals surface area contributed by atoms with Crippen LogP contribution in [0.15, 0.2) is 91.0 Å². The Hall–Kier alpha value is -4.01. The second kappa shape index (κ2) is 24.2. The molecule has 6 rings (SSSR count). The summed E-state index contributed by atoms with van der Waals surface area (Å²) in [5.74, 6) is -0.731. The molecule has 316 valence electrons. The summed E-state index contributed by atoms with van der Waals surface area (Å²) in [6, 6.07) is 30.4. The fourth-order valence-corrected chi connectivity index (χ4v) is 10.1. The molecule has 0 aromatic heterocycles. The number of hydrogen-bond acceptors (Lipinski definition) is 7. The van der Waals surface area contributed by atoms with Crippen molar-refractivity contribution in [1.29, 1.82) is 0 Å². The molecule has 0 aliphatic carbocycles. The summed E-state index contributed by atoms with van der Waals surface area (Å²) in [4.78, 5) is 36.9. The first-order valence-electron chi connectivity index (χ1n) is 22.6. The number of piperidine rings is 1. The van der Waals surface area contributed by atoms with Gasteiger partial charge in [-0.2, -0.15) is 0 Å². The summed E-state index contributed by atoms with van der Waals surface area (Å²) < 4.78 is 21.2. The topological polar surface area (TPSA) is 102 Å². The number of quaternary nitrogens is 1. The second-order valence-electron chi connectivity index (χ2n) is 16.9. The van der Waals surface area contributed by atoms with Crippen molar-refractivity contribution in [1.82, 2.24) is 0 Å². The van der Waals surface area contributed by atoms with Gasteiger partial charge in [0.1, 0.15) is 6.10 Å². The Balaban J connectivity index is 0.00000207. The van der Waals surface area contributed by atoms with Crippen LogP contribution in [0.3, 0.4) is 0 Å². The fourth-order valence-electron chi connectivity index (χ4n) is 10.1. The van der Waals surface area contributed by atoms with Crippen LogP contribution in [0.2, 0.25) is 0 Å². The van der Waals surface area contributed by atoms with Crippen molar-refractivity contribution in [3.05, 3.63) is 108 Å². The number of carbonyl (C=O) groups is 3. The lowest BCUT2D eigenvalue weighted by atomic mass is 9.85. The molecule has 3 atom stereocenters. The molecule has 58 heavy (non-hydrogen) atoms. The van der Waals surface area contributed by atoms with E-state index in [0.29, 0.717) is 36.1 Å². The van der Waals surface area contributed by atoms with Gasteiger partial charge in [-0.1, -0.05) is 175 Å². The van der Waals surface area contributed by atoms with E-state index in [1.165, 1.54) is 107 Å². The third-order valence-corrected chi connectivity index (χ3v) is 13.0. The van der Waals surface area contributed by atoms with Crippen LogP contribution in [0, 0.1) is 0 Å². The van der Waals surface area contributed by atoms with Crippen LogP contribution in [-0.2, 0) is 40.6 Å². The van der Waals surface area contributed by atoms with E-state index in [0.717, 1.165) is 37.7 Å². The van der Waals surface area contributed by atoms with E-state index in [1.807, 2.05) is 91.0 Å². The van der Waals surface area contributed by atoms with Gasteiger partial charge < -0.3 is 28.6 Å². The highest BCUT2D eigenvalue weighted by Crippen LogP contribution is 2.47. The van der Waals surface area contributed by atoms with Gasteiger partial charge in [0.25, 0.3) is 0 Å². The lowest BCUT2D eigenvalue weighted by Crippen LogP contribution is -2.60. The molecule has 3 aliphatic heterocycles. The minimum Gasteiger partial charge on any atom is -0.554 e. The maximum absolute atomic E-state index is 15.1. The zero-order valence-electron chi connectivity index (χ0n) is 35.1. The third-order valence-electron chi connectivity index (χ3n) is 13.0. The number of carboxylic acid groups (broad SMARTS) is 1. The van der Waals surface area contributed by atoms with E-state index in [1.54, 1.807) is 0 Å². The molecular weight excluding hydrogens is 727 g/mol. The van der Waals surface area contributed by atoms with Crippen molar-refractivity contribution in [3.8, 4) is 0 Å². The van der Waals surface area contributed by atoms with E-state index in [2.05, 4.69) is 6.92 Å². The quantitative estimate of drug-likeness (QED) is 0.0310. The van der Waals surface area contributed by atoms with Gasteiger partial charge in [0.15, 0.2) is 0 Å². The molecule has 3 fully saturated rings. The van der Waals surface area contributed by atoms with Crippen molar-refractivity contribution < 1.29 is 38.2 Å². The predicted molar refractivity (Wildman–Crippen MR) is 226 cm³/mol. The molecule has 3 unspecified atom stereocenters. The minimum atomic E-state index is -1.63. The molecule has 8 heteroatoms. The molecule has 3 saturated heterocycles. The van der Waals surface area contributed by atoms with Gasteiger partial charge in [0.05, 0.1) is 25.2 Å². The summed E-state index contributed by atoms with van der Waals surface area (Å²) in [6.45, 7) is 4.30. The highest BCUT2D eigenvalue weighted by molar-refractivity contribution is 5.86. The zero-order chi connectivity index (χ0) is 40.9. The van der Waals surface area contributed by atoms with Crippen LogP contribution in [0.25, 0.3) is 0 Å². The Labute approximate surface area is 348 Å². The zero-order valence-corrected chi connectivity index (χ0v) is 35.1. The molecule has 3 heterocycles. The summed E-state index contributed by atoms with van der Waals surface area (Å²) >= 11 is 0. The average molecular weight is 796 g/mol. The van der Waals surface area contributed by atoms with Crippen molar-refractivity contribution in [3.63, 3.8) is 0 Å². The third kappa shape index (κ3) is 12.5. The van der Waals surface area contributed by atoms with E-state index < -0.39 is 24.3 Å². The van der Waals surface area contributed by atoms with E-state index in [4.69, 9.17) is 24.1 Å². The van der Waals surface area contributed by atoms with E-state index >= 15 is 4.79 Å². The number of esters is 2. The van der Waals surface area contributed by atoms with Crippen LogP contribution in [-0.4, -0.2) is 60.5 Å². The van der Waals surface area contributed by atoms with E-state index in [9.17, 15) is 4.79 Å². The normalized spacial score (nSPS) is 19.8. The largest absolute Gasteiger partial charge is 0.554 e.